The first-order chi connectivity index (χ1) is 34.2. The molecule has 0 bridgehead atoms. The van der Waals surface area contributed by atoms with E-state index < -0.39 is 18.0 Å². The molecule has 1 atom stereocenters. The molecule has 0 fully saturated rings. The summed E-state index contributed by atoms with van der Waals surface area (Å²) in [6, 6.07) is 3.21. The van der Waals surface area contributed by atoms with Crippen LogP contribution in [0, 0.1) is 5.92 Å². The predicted octanol–water partition coefficient (Wildman–Crippen LogP) is 15.5. The molecule has 0 heterocycles. The Labute approximate surface area is 426 Å². The lowest BCUT2D eigenvalue weighted by atomic mass is 9.99. The van der Waals surface area contributed by atoms with E-state index in [0.717, 1.165) is 103 Å². The Morgan fingerprint density at radius 2 is 0.871 bits per heavy atom. The molecule has 1 unspecified atom stereocenters. The Bertz CT molecular complexity index is 1440. The van der Waals surface area contributed by atoms with Crippen LogP contribution in [0.15, 0.2) is 36.4 Å². The van der Waals surface area contributed by atoms with Crippen LogP contribution in [-0.2, 0) is 40.0 Å². The molecular weight excluding hydrogens is 885 g/mol. The van der Waals surface area contributed by atoms with Gasteiger partial charge in [-0.05, 0) is 94.2 Å². The number of rotatable bonds is 48. The summed E-state index contributed by atoms with van der Waals surface area (Å²) in [6.07, 6.45) is 44.1. The first kappa shape index (κ1) is 64.2. The van der Waals surface area contributed by atoms with Crippen molar-refractivity contribution in [1.82, 2.24) is 0 Å². The van der Waals surface area contributed by atoms with Crippen LogP contribution in [0.4, 0.5) is 0 Å². The number of carbonyl (C=O) groups excluding carboxylic acids is 4. The van der Waals surface area contributed by atoms with E-state index in [0.29, 0.717) is 36.3 Å². The van der Waals surface area contributed by atoms with Crippen LogP contribution < -0.4 is 14.2 Å². The highest BCUT2D eigenvalue weighted by atomic mass is 16.6. The molecule has 0 saturated carbocycles. The molecule has 0 saturated heterocycles. The third-order valence-corrected chi connectivity index (χ3v) is 12.7. The minimum Gasteiger partial charge on any atom is -0.493 e. The number of esters is 4. The van der Waals surface area contributed by atoms with Gasteiger partial charge < -0.3 is 33.5 Å². The van der Waals surface area contributed by atoms with Crippen molar-refractivity contribution in [2.75, 3.05) is 27.4 Å². The highest BCUT2D eigenvalue weighted by molar-refractivity contribution is 5.75. The Morgan fingerprint density at radius 3 is 1.27 bits per heavy atom. The van der Waals surface area contributed by atoms with Gasteiger partial charge in [0.15, 0.2) is 17.6 Å². The summed E-state index contributed by atoms with van der Waals surface area (Å²) < 4.78 is 33.1. The average molecular weight is 985 g/mol. The van der Waals surface area contributed by atoms with Crippen LogP contribution in [0.2, 0.25) is 0 Å². The lowest BCUT2D eigenvalue weighted by Crippen LogP contribution is -2.31. The number of hydrogen-bond acceptors (Lipinski definition) is 11. The van der Waals surface area contributed by atoms with Gasteiger partial charge in [-0.25, -0.2) is 0 Å². The highest BCUT2D eigenvalue weighted by Crippen LogP contribution is 2.39. The summed E-state index contributed by atoms with van der Waals surface area (Å²) >= 11 is 0. The lowest BCUT2D eigenvalue weighted by molar-refractivity contribution is -0.167. The monoisotopic (exact) mass is 985 g/mol. The number of methoxy groups -OCH3 is 2. The predicted molar refractivity (Wildman–Crippen MR) is 283 cm³/mol. The van der Waals surface area contributed by atoms with Gasteiger partial charge in [-0.3, -0.25) is 19.2 Å². The minimum atomic E-state index is -0.872. The molecule has 0 aliphatic carbocycles. The van der Waals surface area contributed by atoms with Crippen molar-refractivity contribution in [2.45, 2.75) is 258 Å². The average Bonchev–Trinajstić information content (AvgIpc) is 3.35. The van der Waals surface area contributed by atoms with E-state index in [1.165, 1.54) is 104 Å². The van der Waals surface area contributed by atoms with Gasteiger partial charge in [0.05, 0.1) is 20.8 Å². The number of carbonyl (C=O) groups is 4. The number of unbranched alkanes of at least 4 members (excludes halogenated alkanes) is 25. The zero-order chi connectivity index (χ0) is 51.1. The summed E-state index contributed by atoms with van der Waals surface area (Å²) in [4.78, 5) is 51.2. The van der Waals surface area contributed by atoms with Crippen LogP contribution >= 0.6 is 0 Å². The molecule has 11 heteroatoms. The quantitative estimate of drug-likeness (QED) is 0.0219. The van der Waals surface area contributed by atoms with Crippen molar-refractivity contribution in [2.24, 2.45) is 5.92 Å². The number of ether oxygens (including phenoxy) is 6. The molecule has 0 radical (unpaired) electrons. The van der Waals surface area contributed by atoms with Gasteiger partial charge in [0.1, 0.15) is 13.2 Å². The standard InChI is InChI=1S/C59H100O11/c1-6-8-10-12-14-16-18-20-22-24-26-28-30-32-37-41-55(61)67-48-52(49-68-56(62)42-38-33-31-29-27-25-23-21-19-17-15-13-11-9-7-2)69-58(64)44-50(3)40-36-34-35-39-43-57(63)70-59-53(65-4)45-51(47-60)46-54(59)66-5/h20-23,45-46,50,52,60H,6-19,24-44,47-49H2,1-5H3/b22-20-,23-21-. The van der Waals surface area contributed by atoms with E-state index in [1.54, 1.807) is 12.1 Å². The Morgan fingerprint density at radius 1 is 0.500 bits per heavy atom. The van der Waals surface area contributed by atoms with E-state index in [-0.39, 0.29) is 56.3 Å². The van der Waals surface area contributed by atoms with Crippen molar-refractivity contribution in [3.63, 3.8) is 0 Å². The topological polar surface area (TPSA) is 144 Å². The Balaban J connectivity index is 2.46. The Kier molecular flexibility index (Phi) is 42.4. The molecule has 0 aromatic heterocycles. The van der Waals surface area contributed by atoms with Crippen LogP contribution in [0.1, 0.15) is 251 Å². The van der Waals surface area contributed by atoms with Crippen LogP contribution in [-0.4, -0.2) is 62.5 Å². The van der Waals surface area contributed by atoms with Crippen molar-refractivity contribution in [3.05, 3.63) is 42.0 Å². The molecule has 0 amide bonds. The maximum atomic E-state index is 13.1. The fourth-order valence-corrected chi connectivity index (χ4v) is 8.34. The number of aliphatic hydroxyl groups is 1. The van der Waals surface area contributed by atoms with Crippen molar-refractivity contribution in [1.29, 1.82) is 0 Å². The molecule has 402 valence electrons. The number of hydrogen-bond donors (Lipinski definition) is 1. The molecule has 0 spiro atoms. The zero-order valence-corrected chi connectivity index (χ0v) is 45.0. The fraction of sp³-hybridized carbons (Fsp3) is 0.763. The second-order valence-corrected chi connectivity index (χ2v) is 19.4. The van der Waals surface area contributed by atoms with Crippen molar-refractivity contribution >= 4 is 23.9 Å². The molecule has 1 N–H and O–H groups in total. The van der Waals surface area contributed by atoms with Gasteiger partial charge >= 0.3 is 23.9 Å². The number of benzene rings is 1. The highest BCUT2D eigenvalue weighted by Gasteiger charge is 2.22. The van der Waals surface area contributed by atoms with Gasteiger partial charge in [-0.15, -0.1) is 0 Å². The van der Waals surface area contributed by atoms with Crippen LogP contribution in [0.5, 0.6) is 17.2 Å². The third kappa shape index (κ3) is 37.0. The summed E-state index contributed by atoms with van der Waals surface area (Å²) in [7, 11) is 2.92. The van der Waals surface area contributed by atoms with Crippen LogP contribution in [0.3, 0.4) is 0 Å². The molecule has 1 aromatic rings. The summed E-state index contributed by atoms with van der Waals surface area (Å²) in [5.41, 5.74) is 0.580. The number of allylic oxidation sites excluding steroid dienone is 4. The molecule has 70 heavy (non-hydrogen) atoms. The second-order valence-electron chi connectivity index (χ2n) is 19.4. The Hall–Kier alpha value is -3.86. The smallest absolute Gasteiger partial charge is 0.311 e. The van der Waals surface area contributed by atoms with Gasteiger partial charge in [-0.1, -0.05) is 173 Å². The molecule has 0 aliphatic heterocycles. The normalized spacial score (nSPS) is 11.9. The zero-order valence-electron chi connectivity index (χ0n) is 45.0. The van der Waals surface area contributed by atoms with Gasteiger partial charge in [0, 0.05) is 25.7 Å². The summed E-state index contributed by atoms with van der Waals surface area (Å²) in [5, 5.41) is 9.50. The summed E-state index contributed by atoms with van der Waals surface area (Å²) in [5.74, 6) is -0.633. The molecule has 11 nitrogen and oxygen atoms in total. The van der Waals surface area contributed by atoms with E-state index in [2.05, 4.69) is 38.2 Å². The molecular formula is C59H100O11. The van der Waals surface area contributed by atoms with E-state index >= 15 is 0 Å². The maximum absolute atomic E-state index is 13.1. The van der Waals surface area contributed by atoms with Gasteiger partial charge in [0.25, 0.3) is 0 Å². The molecule has 1 rings (SSSR count). The lowest BCUT2D eigenvalue weighted by Gasteiger charge is -2.19. The SMILES string of the molecule is CCCCCCCC/C=C\CCCCCCCC(=O)OCC(COC(=O)CCCCCCC/C=C\CCCCCCCC)OC(=O)CC(C)CCCCCCC(=O)Oc1c(OC)cc(CO)cc1OC. The van der Waals surface area contributed by atoms with E-state index in [1.807, 2.05) is 6.92 Å². The van der Waals surface area contributed by atoms with Crippen LogP contribution in [0.25, 0.3) is 0 Å². The van der Waals surface area contributed by atoms with Gasteiger partial charge in [0.2, 0.25) is 5.75 Å². The molecule has 1 aromatic carbocycles. The largest absolute Gasteiger partial charge is 0.493 e. The van der Waals surface area contributed by atoms with Crippen molar-refractivity contribution in [3.8, 4) is 17.2 Å². The number of aliphatic hydroxyl groups excluding tert-OH is 1. The molecule has 0 aliphatic rings. The van der Waals surface area contributed by atoms with E-state index in [9.17, 15) is 24.3 Å². The van der Waals surface area contributed by atoms with Crippen molar-refractivity contribution < 1.29 is 52.7 Å². The first-order valence-corrected chi connectivity index (χ1v) is 28.0. The second kappa shape index (κ2) is 46.2. The summed E-state index contributed by atoms with van der Waals surface area (Å²) in [6.45, 7) is 6.00. The minimum absolute atomic E-state index is 0.0484. The third-order valence-electron chi connectivity index (χ3n) is 12.7. The maximum Gasteiger partial charge on any atom is 0.311 e. The fourth-order valence-electron chi connectivity index (χ4n) is 8.34. The van der Waals surface area contributed by atoms with E-state index in [4.69, 9.17) is 28.4 Å². The van der Waals surface area contributed by atoms with Gasteiger partial charge in [-0.2, -0.15) is 0 Å². The first-order valence-electron chi connectivity index (χ1n) is 28.0.